The lowest BCUT2D eigenvalue weighted by Gasteiger charge is -2.35. The van der Waals surface area contributed by atoms with Crippen LogP contribution in [0.2, 0.25) is 0 Å². The third-order valence-electron chi connectivity index (χ3n) is 7.90. The molecule has 0 saturated carbocycles. The normalized spacial score (nSPS) is 30.5. The summed E-state index contributed by atoms with van der Waals surface area (Å²) in [4.78, 5) is 2.69. The van der Waals surface area contributed by atoms with Crippen LogP contribution < -0.4 is 0 Å². The van der Waals surface area contributed by atoms with Gasteiger partial charge < -0.3 is 0 Å². The first-order chi connectivity index (χ1) is 14.8. The second kappa shape index (κ2) is 10.6. The molecule has 4 rings (SSSR count). The molecule has 0 aromatic heterocycles. The van der Waals surface area contributed by atoms with E-state index in [0.717, 1.165) is 12.5 Å². The predicted octanol–water partition coefficient (Wildman–Crippen LogP) is 7.79. The molecule has 1 heterocycles. The number of hydrogen-bond donors (Lipinski definition) is 0. The molecular formula is C30H43N. The van der Waals surface area contributed by atoms with Crippen molar-refractivity contribution in [3.05, 3.63) is 83.0 Å². The Labute approximate surface area is 191 Å². The van der Waals surface area contributed by atoms with Gasteiger partial charge in [-0.15, -0.1) is 0 Å². The van der Waals surface area contributed by atoms with Gasteiger partial charge in [-0.1, -0.05) is 99.6 Å². The van der Waals surface area contributed by atoms with Crippen molar-refractivity contribution in [1.29, 1.82) is 0 Å². The summed E-state index contributed by atoms with van der Waals surface area (Å²) >= 11 is 0. The van der Waals surface area contributed by atoms with Crippen LogP contribution in [0.4, 0.5) is 0 Å². The molecule has 1 aromatic carbocycles. The molecule has 3 aliphatic rings. The average Bonchev–Trinajstić information content (AvgIpc) is 3.06. The zero-order chi connectivity index (χ0) is 22.4. The fraction of sp³-hybridized carbons (Fsp3) is 0.533. The number of hydrogen-bond acceptors (Lipinski definition) is 1. The summed E-state index contributed by atoms with van der Waals surface area (Å²) in [6.07, 6.45) is 18.6. The van der Waals surface area contributed by atoms with Gasteiger partial charge in [-0.3, -0.25) is 4.90 Å². The molecule has 1 aliphatic heterocycles. The Morgan fingerprint density at radius 3 is 2.52 bits per heavy atom. The third kappa shape index (κ3) is 5.69. The van der Waals surface area contributed by atoms with Gasteiger partial charge in [0.15, 0.2) is 0 Å². The first kappa shape index (κ1) is 23.8. The quantitative estimate of drug-likeness (QED) is 0.483. The largest absolute Gasteiger partial charge is 0.296 e. The zero-order valence-corrected chi connectivity index (χ0v) is 20.7. The highest BCUT2D eigenvalue weighted by atomic mass is 15.2. The first-order valence-corrected chi connectivity index (χ1v) is 12.4. The molecule has 4 atom stereocenters. The number of nitrogens with zero attached hydrogens (tertiary/aromatic N) is 1. The van der Waals surface area contributed by atoms with Crippen LogP contribution in [0.25, 0.3) is 0 Å². The van der Waals surface area contributed by atoms with Gasteiger partial charge in [-0.2, -0.15) is 0 Å². The molecule has 4 unspecified atom stereocenters. The lowest BCUT2D eigenvalue weighted by atomic mass is 9.75. The van der Waals surface area contributed by atoms with E-state index in [2.05, 4.69) is 107 Å². The van der Waals surface area contributed by atoms with Crippen molar-refractivity contribution in [3.63, 3.8) is 0 Å². The SMILES string of the molecule is CCC1=CCC(C)C=C1.Cc1ccccc1C1(C)CCN(CC2=CC=CCC2C)C1C. The highest BCUT2D eigenvalue weighted by molar-refractivity contribution is 5.36. The summed E-state index contributed by atoms with van der Waals surface area (Å²) in [5.41, 5.74) is 6.35. The van der Waals surface area contributed by atoms with E-state index in [1.165, 1.54) is 48.9 Å². The van der Waals surface area contributed by atoms with Crippen LogP contribution in [-0.2, 0) is 5.41 Å². The number of aryl methyl sites for hydroxylation is 1. The van der Waals surface area contributed by atoms with Crippen LogP contribution in [0.1, 0.15) is 71.4 Å². The molecule has 0 amide bonds. The standard InChI is InChI=1S/C21H29N.C9H14/c1-16-9-5-7-11-19(16)15-22-14-13-21(4,18(22)3)20-12-8-6-10-17(20)2;1-3-9-6-4-8(2)5-7-9/h5-8,10-12,16,18H,9,13-15H2,1-4H3;4,6-8H,3,5H2,1-2H3. The van der Waals surface area contributed by atoms with E-state index in [-0.39, 0.29) is 5.41 Å². The summed E-state index contributed by atoms with van der Waals surface area (Å²) in [5, 5.41) is 0. The van der Waals surface area contributed by atoms with Crippen LogP contribution in [0.3, 0.4) is 0 Å². The molecular weight excluding hydrogens is 374 g/mol. The molecule has 2 aliphatic carbocycles. The maximum absolute atomic E-state index is 2.69. The highest BCUT2D eigenvalue weighted by Gasteiger charge is 2.43. The Balaban J connectivity index is 0.000000254. The Kier molecular flexibility index (Phi) is 8.17. The number of benzene rings is 1. The van der Waals surface area contributed by atoms with Crippen molar-refractivity contribution in [2.45, 2.75) is 78.7 Å². The van der Waals surface area contributed by atoms with Gasteiger partial charge in [-0.05, 0) is 69.0 Å². The van der Waals surface area contributed by atoms with Gasteiger partial charge >= 0.3 is 0 Å². The van der Waals surface area contributed by atoms with Gasteiger partial charge in [0.05, 0.1) is 0 Å². The maximum atomic E-state index is 2.69. The molecule has 1 heteroatoms. The second-order valence-corrected chi connectivity index (χ2v) is 10.1. The van der Waals surface area contributed by atoms with Crippen molar-refractivity contribution >= 4 is 0 Å². The topological polar surface area (TPSA) is 3.24 Å². The van der Waals surface area contributed by atoms with Gasteiger partial charge in [0.25, 0.3) is 0 Å². The Hall–Kier alpha value is -1.86. The fourth-order valence-corrected chi connectivity index (χ4v) is 5.24. The summed E-state index contributed by atoms with van der Waals surface area (Å²) in [6, 6.07) is 9.53. The molecule has 1 saturated heterocycles. The van der Waals surface area contributed by atoms with E-state index >= 15 is 0 Å². The van der Waals surface area contributed by atoms with E-state index in [1.54, 1.807) is 5.57 Å². The molecule has 0 N–H and O–H groups in total. The molecule has 0 bridgehead atoms. The van der Waals surface area contributed by atoms with E-state index in [0.29, 0.717) is 12.0 Å². The van der Waals surface area contributed by atoms with Crippen molar-refractivity contribution < 1.29 is 0 Å². The number of rotatable bonds is 4. The summed E-state index contributed by atoms with van der Waals surface area (Å²) in [7, 11) is 0. The molecule has 1 fully saturated rings. The molecule has 0 spiro atoms. The van der Waals surface area contributed by atoms with Crippen molar-refractivity contribution in [1.82, 2.24) is 4.90 Å². The van der Waals surface area contributed by atoms with E-state index in [9.17, 15) is 0 Å². The number of allylic oxidation sites excluding steroid dienone is 7. The van der Waals surface area contributed by atoms with Crippen LogP contribution in [0, 0.1) is 18.8 Å². The van der Waals surface area contributed by atoms with Gasteiger partial charge in [0.2, 0.25) is 0 Å². The monoisotopic (exact) mass is 417 g/mol. The van der Waals surface area contributed by atoms with Gasteiger partial charge in [-0.25, -0.2) is 0 Å². The second-order valence-electron chi connectivity index (χ2n) is 10.1. The van der Waals surface area contributed by atoms with Crippen LogP contribution in [0.5, 0.6) is 0 Å². The first-order valence-electron chi connectivity index (χ1n) is 12.4. The molecule has 168 valence electrons. The number of likely N-dealkylation sites (tertiary alicyclic amines) is 1. The third-order valence-corrected chi connectivity index (χ3v) is 7.90. The van der Waals surface area contributed by atoms with Crippen molar-refractivity contribution in [2.24, 2.45) is 11.8 Å². The Bertz CT molecular complexity index is 855. The Morgan fingerprint density at radius 1 is 1.10 bits per heavy atom. The average molecular weight is 418 g/mol. The van der Waals surface area contributed by atoms with E-state index in [4.69, 9.17) is 0 Å². The van der Waals surface area contributed by atoms with Crippen LogP contribution >= 0.6 is 0 Å². The highest BCUT2D eigenvalue weighted by Crippen LogP contribution is 2.41. The van der Waals surface area contributed by atoms with Crippen LogP contribution in [0.15, 0.2) is 71.9 Å². The Morgan fingerprint density at radius 2 is 1.87 bits per heavy atom. The van der Waals surface area contributed by atoms with E-state index in [1.807, 2.05) is 0 Å². The molecule has 1 aromatic rings. The fourth-order valence-electron chi connectivity index (χ4n) is 5.24. The van der Waals surface area contributed by atoms with Gasteiger partial charge in [0.1, 0.15) is 0 Å². The summed E-state index contributed by atoms with van der Waals surface area (Å²) < 4.78 is 0. The zero-order valence-electron chi connectivity index (χ0n) is 20.7. The minimum absolute atomic E-state index is 0.277. The lowest BCUT2D eigenvalue weighted by molar-refractivity contribution is 0.240. The van der Waals surface area contributed by atoms with Crippen LogP contribution in [-0.4, -0.2) is 24.0 Å². The maximum Gasteiger partial charge on any atom is 0.0201 e. The smallest absolute Gasteiger partial charge is 0.0201 e. The minimum Gasteiger partial charge on any atom is -0.296 e. The predicted molar refractivity (Wildman–Crippen MR) is 136 cm³/mol. The van der Waals surface area contributed by atoms with E-state index < -0.39 is 0 Å². The summed E-state index contributed by atoms with van der Waals surface area (Å²) in [5.74, 6) is 1.46. The minimum atomic E-state index is 0.277. The molecule has 0 radical (unpaired) electrons. The summed E-state index contributed by atoms with van der Waals surface area (Å²) in [6.45, 7) is 16.3. The lowest BCUT2D eigenvalue weighted by Crippen LogP contribution is -2.40. The molecule has 1 nitrogen and oxygen atoms in total. The van der Waals surface area contributed by atoms with Crippen molar-refractivity contribution in [3.8, 4) is 0 Å². The molecule has 31 heavy (non-hydrogen) atoms. The van der Waals surface area contributed by atoms with Gasteiger partial charge in [0, 0.05) is 18.0 Å². The van der Waals surface area contributed by atoms with Crippen molar-refractivity contribution in [2.75, 3.05) is 13.1 Å².